The van der Waals surface area contributed by atoms with Crippen molar-refractivity contribution in [2.45, 2.75) is 71.4 Å². The Labute approximate surface area is 201 Å². The van der Waals surface area contributed by atoms with Crippen molar-refractivity contribution in [3.8, 4) is 5.75 Å². The van der Waals surface area contributed by atoms with Gasteiger partial charge in [-0.1, -0.05) is 6.07 Å². The molecule has 2 aliphatic heterocycles. The van der Waals surface area contributed by atoms with Gasteiger partial charge in [-0.05, 0) is 70.4 Å². The van der Waals surface area contributed by atoms with Gasteiger partial charge in [-0.3, -0.25) is 19.7 Å². The smallest absolute Gasteiger partial charge is 0.274 e. The lowest BCUT2D eigenvalue weighted by Crippen LogP contribution is -2.43. The zero-order valence-corrected chi connectivity index (χ0v) is 20.4. The molecular formula is C25H37N3O6. The van der Waals surface area contributed by atoms with Gasteiger partial charge in [0, 0.05) is 36.7 Å². The third kappa shape index (κ3) is 5.54. The molecule has 1 unspecified atom stereocenters. The number of aliphatic hydroxyl groups is 1. The average Bonchev–Trinajstić information content (AvgIpc) is 3.08. The highest BCUT2D eigenvalue weighted by Gasteiger charge is 2.45. The minimum absolute atomic E-state index is 0.00332. The van der Waals surface area contributed by atoms with Crippen LogP contribution in [0.2, 0.25) is 0 Å². The highest BCUT2D eigenvalue weighted by molar-refractivity contribution is 5.93. The van der Waals surface area contributed by atoms with Crippen LogP contribution in [0.5, 0.6) is 5.75 Å². The van der Waals surface area contributed by atoms with Gasteiger partial charge in [0.25, 0.3) is 5.91 Å². The highest BCUT2D eigenvalue weighted by Crippen LogP contribution is 2.46. The predicted octanol–water partition coefficient (Wildman–Crippen LogP) is 2.50. The van der Waals surface area contributed by atoms with Crippen LogP contribution < -0.4 is 10.2 Å². The molecule has 1 atom stereocenters. The van der Waals surface area contributed by atoms with E-state index in [9.17, 15) is 14.7 Å². The summed E-state index contributed by atoms with van der Waals surface area (Å²) in [6.07, 6.45) is 3.78. The number of rotatable bonds is 4. The van der Waals surface area contributed by atoms with Crippen LogP contribution in [-0.4, -0.2) is 70.2 Å². The van der Waals surface area contributed by atoms with Crippen molar-refractivity contribution in [2.24, 2.45) is 11.3 Å². The Morgan fingerprint density at radius 2 is 1.94 bits per heavy atom. The number of hydroxylamine groups is 1. The maximum atomic E-state index is 13.4. The highest BCUT2D eigenvalue weighted by atomic mass is 16.6. The van der Waals surface area contributed by atoms with Crippen molar-refractivity contribution >= 4 is 11.8 Å². The summed E-state index contributed by atoms with van der Waals surface area (Å²) in [5.41, 5.74) is 2.54. The van der Waals surface area contributed by atoms with Crippen molar-refractivity contribution in [1.29, 1.82) is 0 Å². The van der Waals surface area contributed by atoms with Crippen LogP contribution in [0.25, 0.3) is 0 Å². The third-order valence-electron chi connectivity index (χ3n) is 7.36. The monoisotopic (exact) mass is 475 g/mol. The largest absolute Gasteiger partial charge is 0.491 e. The number of hydrogen-bond donors (Lipinski definition) is 3. The van der Waals surface area contributed by atoms with Gasteiger partial charge in [0.2, 0.25) is 12.3 Å². The van der Waals surface area contributed by atoms with Crippen molar-refractivity contribution in [3.63, 3.8) is 0 Å². The van der Waals surface area contributed by atoms with Gasteiger partial charge in [-0.25, -0.2) is 5.48 Å². The molecule has 4 rings (SSSR count). The summed E-state index contributed by atoms with van der Waals surface area (Å²) in [6, 6.07) is 5.00. The summed E-state index contributed by atoms with van der Waals surface area (Å²) in [5, 5.41) is 19.3. The number of fused-ring (bicyclic) bond motifs is 1. The quantitative estimate of drug-likeness (QED) is 0.349. The standard InChI is InChI=1S/C25H37N3O6/c1-24(2,3)34-23(31)28-11-10-25(16-28)8-6-17(7-9-25)22(30)27-12-13-33-20-14-18(21(29)26-32)4-5-19(20)15-27/h4-5,14,17,23,31-32H,6-13,15-16H2,1-3H3,(H,26,29). The van der Waals surface area contributed by atoms with E-state index in [1.807, 2.05) is 30.6 Å². The van der Waals surface area contributed by atoms with Crippen LogP contribution >= 0.6 is 0 Å². The van der Waals surface area contributed by atoms with Gasteiger partial charge in [-0.2, -0.15) is 0 Å². The molecule has 34 heavy (non-hydrogen) atoms. The number of benzene rings is 1. The minimum atomic E-state index is -0.889. The molecule has 1 saturated heterocycles. The lowest BCUT2D eigenvalue weighted by atomic mass is 9.69. The molecule has 2 amide bonds. The molecule has 0 aromatic heterocycles. The second kappa shape index (κ2) is 9.81. The maximum Gasteiger partial charge on any atom is 0.274 e. The Balaban J connectivity index is 1.33. The Morgan fingerprint density at radius 1 is 1.21 bits per heavy atom. The van der Waals surface area contributed by atoms with E-state index in [0.29, 0.717) is 31.0 Å². The molecule has 188 valence electrons. The molecule has 1 spiro atoms. The Hall–Kier alpha value is -2.20. The molecule has 1 aromatic carbocycles. The normalized spacial score (nSPS) is 26.5. The number of aliphatic hydroxyl groups excluding tert-OH is 1. The van der Waals surface area contributed by atoms with E-state index in [-0.39, 0.29) is 17.2 Å². The number of likely N-dealkylation sites (tertiary alicyclic amines) is 1. The van der Waals surface area contributed by atoms with E-state index in [0.717, 1.165) is 50.8 Å². The number of nitrogens with zero attached hydrogens (tertiary/aromatic N) is 2. The first-order valence-corrected chi connectivity index (χ1v) is 12.2. The van der Waals surface area contributed by atoms with Crippen LogP contribution in [0.3, 0.4) is 0 Å². The maximum absolute atomic E-state index is 13.4. The fourth-order valence-corrected chi connectivity index (χ4v) is 5.46. The molecule has 1 aromatic rings. The van der Waals surface area contributed by atoms with E-state index in [1.54, 1.807) is 23.7 Å². The van der Waals surface area contributed by atoms with Crippen molar-refractivity contribution < 1.29 is 29.4 Å². The number of hydrogen-bond acceptors (Lipinski definition) is 7. The zero-order valence-electron chi connectivity index (χ0n) is 20.4. The van der Waals surface area contributed by atoms with Gasteiger partial charge in [0.1, 0.15) is 12.4 Å². The van der Waals surface area contributed by atoms with Crippen LogP contribution in [0, 0.1) is 11.3 Å². The average molecular weight is 476 g/mol. The molecule has 3 N–H and O–H groups in total. The molecule has 3 aliphatic rings. The number of ether oxygens (including phenoxy) is 2. The molecule has 0 radical (unpaired) electrons. The SMILES string of the molecule is CC(C)(C)OC(O)N1CCC2(CCC(C(=O)N3CCOc4cc(C(=O)NO)ccc4C3)CC2)C1. The molecule has 9 heteroatoms. The number of carbonyl (C=O) groups excluding carboxylic acids is 2. The van der Waals surface area contributed by atoms with E-state index in [1.165, 1.54) is 0 Å². The topological polar surface area (TPSA) is 112 Å². The number of amides is 2. The van der Waals surface area contributed by atoms with Gasteiger partial charge in [0.15, 0.2) is 0 Å². The Kier molecular flexibility index (Phi) is 7.19. The Bertz CT molecular complexity index is 906. The van der Waals surface area contributed by atoms with E-state index in [2.05, 4.69) is 0 Å². The summed E-state index contributed by atoms with van der Waals surface area (Å²) in [6.45, 7) is 8.75. The van der Waals surface area contributed by atoms with E-state index < -0.39 is 17.9 Å². The molecular weight excluding hydrogens is 438 g/mol. The van der Waals surface area contributed by atoms with Gasteiger partial charge in [-0.15, -0.1) is 0 Å². The lowest BCUT2D eigenvalue weighted by molar-refractivity contribution is -0.235. The number of carbonyl (C=O) groups is 2. The minimum Gasteiger partial charge on any atom is -0.491 e. The molecule has 2 heterocycles. The van der Waals surface area contributed by atoms with Crippen molar-refractivity contribution in [2.75, 3.05) is 26.2 Å². The summed E-state index contributed by atoms with van der Waals surface area (Å²) in [4.78, 5) is 28.9. The Morgan fingerprint density at radius 3 is 2.62 bits per heavy atom. The van der Waals surface area contributed by atoms with Crippen LogP contribution in [0.1, 0.15) is 68.8 Å². The summed E-state index contributed by atoms with van der Waals surface area (Å²) in [7, 11) is 0. The lowest BCUT2D eigenvalue weighted by Gasteiger charge is -2.39. The van der Waals surface area contributed by atoms with Crippen molar-refractivity contribution in [3.05, 3.63) is 29.3 Å². The van der Waals surface area contributed by atoms with E-state index >= 15 is 0 Å². The number of nitrogens with one attached hydrogen (secondary N) is 1. The second-order valence-electron chi connectivity index (χ2n) is 10.9. The third-order valence-corrected chi connectivity index (χ3v) is 7.36. The molecule has 2 fully saturated rings. The van der Waals surface area contributed by atoms with Gasteiger partial charge >= 0.3 is 0 Å². The van der Waals surface area contributed by atoms with Crippen LogP contribution in [0.15, 0.2) is 18.2 Å². The summed E-state index contributed by atoms with van der Waals surface area (Å²) in [5.74, 6) is 0.134. The first-order chi connectivity index (χ1) is 16.1. The molecule has 1 aliphatic carbocycles. The van der Waals surface area contributed by atoms with Crippen LogP contribution in [0.4, 0.5) is 0 Å². The summed E-state index contributed by atoms with van der Waals surface area (Å²) < 4.78 is 11.5. The fraction of sp³-hybridized carbons (Fsp3) is 0.680. The second-order valence-corrected chi connectivity index (χ2v) is 10.9. The molecule has 9 nitrogen and oxygen atoms in total. The molecule has 1 saturated carbocycles. The predicted molar refractivity (Wildman–Crippen MR) is 124 cm³/mol. The first kappa shape index (κ1) is 24.9. The van der Waals surface area contributed by atoms with E-state index in [4.69, 9.17) is 14.7 Å². The van der Waals surface area contributed by atoms with Crippen LogP contribution in [-0.2, 0) is 16.1 Å². The van der Waals surface area contributed by atoms with Crippen molar-refractivity contribution in [1.82, 2.24) is 15.3 Å². The van der Waals surface area contributed by atoms with Gasteiger partial charge in [0.05, 0.1) is 12.1 Å². The first-order valence-electron chi connectivity index (χ1n) is 12.2. The fourth-order valence-electron chi connectivity index (χ4n) is 5.46. The summed E-state index contributed by atoms with van der Waals surface area (Å²) >= 11 is 0. The zero-order chi connectivity index (χ0) is 24.5. The molecule has 0 bridgehead atoms. The van der Waals surface area contributed by atoms with Gasteiger partial charge < -0.3 is 19.5 Å².